The highest BCUT2D eigenvalue weighted by Gasteiger charge is 2.37. The second kappa shape index (κ2) is 8.20. The number of sulfone groups is 1. The van der Waals surface area contributed by atoms with E-state index in [9.17, 15) is 13.2 Å². The van der Waals surface area contributed by atoms with Crippen molar-refractivity contribution >= 4 is 27.3 Å². The van der Waals surface area contributed by atoms with Crippen LogP contribution in [-0.2, 0) is 14.6 Å². The monoisotopic (exact) mass is 393 g/mol. The molecule has 0 saturated carbocycles. The number of nitrogens with one attached hydrogen (secondary N) is 1. The van der Waals surface area contributed by atoms with E-state index in [1.54, 1.807) is 0 Å². The van der Waals surface area contributed by atoms with Gasteiger partial charge in [0.1, 0.15) is 6.04 Å². The lowest BCUT2D eigenvalue weighted by molar-refractivity contribution is -0.676. The maximum atomic E-state index is 12.3. The second-order valence-electron chi connectivity index (χ2n) is 6.51. The number of hydrogen-bond donors (Lipinski definition) is 2. The van der Waals surface area contributed by atoms with E-state index >= 15 is 0 Å². The molecule has 1 amide bonds. The van der Waals surface area contributed by atoms with Crippen molar-refractivity contribution in [1.29, 1.82) is 0 Å². The number of nitrogens with two attached hydrogens (primary N) is 1. The van der Waals surface area contributed by atoms with Gasteiger partial charge in [0.15, 0.2) is 16.4 Å². The molecule has 1 saturated heterocycles. The first-order chi connectivity index (χ1) is 12.4. The fourth-order valence-electron chi connectivity index (χ4n) is 3.21. The molecular formula is C19H22ClN2O3S+. The molecule has 0 radical (unpaired) electrons. The van der Waals surface area contributed by atoms with Gasteiger partial charge >= 0.3 is 0 Å². The van der Waals surface area contributed by atoms with Crippen LogP contribution in [0.4, 0.5) is 0 Å². The van der Waals surface area contributed by atoms with Gasteiger partial charge in [-0.25, -0.2) is 8.42 Å². The molecule has 1 fully saturated rings. The molecule has 1 aliphatic heterocycles. The summed E-state index contributed by atoms with van der Waals surface area (Å²) >= 11 is 6.06. The molecule has 0 aliphatic carbocycles. The first kappa shape index (κ1) is 18.9. The molecule has 0 bridgehead atoms. The number of benzene rings is 2. The van der Waals surface area contributed by atoms with Crippen molar-refractivity contribution in [2.45, 2.75) is 17.5 Å². The predicted molar refractivity (Wildman–Crippen MR) is 102 cm³/mol. The highest BCUT2D eigenvalue weighted by molar-refractivity contribution is 7.91. The molecule has 5 nitrogen and oxygen atoms in total. The third kappa shape index (κ3) is 4.84. The molecule has 3 N–H and O–H groups in total. The minimum atomic E-state index is -3.16. The number of carbonyl (C=O) groups is 1. The molecule has 2 aromatic rings. The van der Waals surface area contributed by atoms with Gasteiger partial charge in [0.25, 0.3) is 5.91 Å². The Morgan fingerprint density at radius 2 is 1.58 bits per heavy atom. The summed E-state index contributed by atoms with van der Waals surface area (Å²) in [6, 6.07) is 19.4. The molecule has 1 heterocycles. The third-order valence-electron chi connectivity index (χ3n) is 4.49. The molecule has 1 aliphatic rings. The van der Waals surface area contributed by atoms with Crippen LogP contribution in [0.15, 0.2) is 60.7 Å². The van der Waals surface area contributed by atoms with E-state index in [0.717, 1.165) is 11.1 Å². The van der Waals surface area contributed by atoms with Gasteiger partial charge in [0.2, 0.25) is 0 Å². The first-order valence-corrected chi connectivity index (χ1v) is 10.8. The molecule has 0 spiro atoms. The largest absolute Gasteiger partial charge is 0.346 e. The van der Waals surface area contributed by atoms with E-state index < -0.39 is 21.3 Å². The topological polar surface area (TPSA) is 79.8 Å². The number of carbonyl (C=O) groups excluding carboxylic acids is 1. The van der Waals surface area contributed by atoms with Crippen molar-refractivity contribution in [2.75, 3.05) is 18.1 Å². The highest BCUT2D eigenvalue weighted by atomic mass is 35.5. The highest BCUT2D eigenvalue weighted by Crippen LogP contribution is 2.19. The second-order valence-corrected chi connectivity index (χ2v) is 9.22. The Balaban J connectivity index is 1.66. The van der Waals surface area contributed by atoms with E-state index in [4.69, 9.17) is 11.6 Å². The van der Waals surface area contributed by atoms with Gasteiger partial charge in [-0.2, -0.15) is 0 Å². The molecule has 26 heavy (non-hydrogen) atoms. The van der Waals surface area contributed by atoms with Crippen LogP contribution >= 0.6 is 11.6 Å². The summed E-state index contributed by atoms with van der Waals surface area (Å²) in [6.07, 6.45) is 0. The van der Waals surface area contributed by atoms with Crippen molar-refractivity contribution in [3.63, 3.8) is 0 Å². The van der Waals surface area contributed by atoms with E-state index in [-0.39, 0.29) is 30.0 Å². The van der Waals surface area contributed by atoms with Gasteiger partial charge in [-0.05, 0) is 0 Å². The summed E-state index contributed by atoms with van der Waals surface area (Å²) < 4.78 is 23.3. The molecule has 0 unspecified atom stereocenters. The average Bonchev–Trinajstić information content (AvgIpc) is 2.88. The zero-order valence-corrected chi connectivity index (χ0v) is 15.8. The van der Waals surface area contributed by atoms with Gasteiger partial charge in [0.05, 0.1) is 22.9 Å². The van der Waals surface area contributed by atoms with Crippen molar-refractivity contribution in [3.8, 4) is 0 Å². The summed E-state index contributed by atoms with van der Waals surface area (Å²) in [7, 11) is -3.16. The van der Waals surface area contributed by atoms with Gasteiger partial charge < -0.3 is 10.6 Å². The summed E-state index contributed by atoms with van der Waals surface area (Å²) in [6.45, 7) is 0.189. The Morgan fingerprint density at radius 1 is 1.04 bits per heavy atom. The first-order valence-electron chi connectivity index (χ1n) is 8.52. The molecule has 2 aromatic carbocycles. The van der Waals surface area contributed by atoms with E-state index in [1.165, 1.54) is 0 Å². The number of rotatable bonds is 6. The molecule has 7 heteroatoms. The fourth-order valence-corrected chi connectivity index (χ4v) is 5.76. The Kier molecular flexibility index (Phi) is 5.96. The zero-order valence-electron chi connectivity index (χ0n) is 14.2. The fraction of sp³-hybridized carbons (Fsp3) is 0.316. The minimum absolute atomic E-state index is 0.0118. The lowest BCUT2D eigenvalue weighted by Gasteiger charge is -2.18. The van der Waals surface area contributed by atoms with Gasteiger partial charge in [-0.1, -0.05) is 60.7 Å². The molecule has 0 aromatic heterocycles. The quantitative estimate of drug-likeness (QED) is 0.714. The number of hydrogen-bond acceptors (Lipinski definition) is 3. The van der Waals surface area contributed by atoms with Crippen LogP contribution < -0.4 is 10.6 Å². The van der Waals surface area contributed by atoms with Crippen LogP contribution in [-0.4, -0.2) is 43.8 Å². The number of quaternary nitrogens is 1. The maximum Gasteiger partial charge on any atom is 0.275 e. The summed E-state index contributed by atoms with van der Waals surface area (Å²) in [5.74, 6) is -0.386. The average molecular weight is 394 g/mol. The predicted octanol–water partition coefficient (Wildman–Crippen LogP) is 0.860. The summed E-state index contributed by atoms with van der Waals surface area (Å²) in [4.78, 5) is 12.3. The smallest absolute Gasteiger partial charge is 0.275 e. The van der Waals surface area contributed by atoms with E-state index in [2.05, 4.69) is 5.32 Å². The molecule has 3 rings (SSSR count). The number of amides is 1. The summed E-state index contributed by atoms with van der Waals surface area (Å²) in [5, 5.41) is 4.15. The van der Waals surface area contributed by atoms with Crippen LogP contribution in [0.3, 0.4) is 0 Å². The Labute approximate surface area is 158 Å². The lowest BCUT2D eigenvalue weighted by atomic mass is 9.99. The van der Waals surface area contributed by atoms with Crippen LogP contribution in [0.25, 0.3) is 0 Å². The van der Waals surface area contributed by atoms with Crippen LogP contribution in [0.1, 0.15) is 17.2 Å². The zero-order chi connectivity index (χ0) is 18.6. The van der Waals surface area contributed by atoms with Gasteiger partial charge in [-0.15, -0.1) is 11.6 Å². The maximum absolute atomic E-state index is 12.3. The minimum Gasteiger partial charge on any atom is -0.346 e. The third-order valence-corrected chi connectivity index (χ3v) is 6.86. The normalized spacial score (nSPS) is 21.6. The van der Waals surface area contributed by atoms with E-state index in [1.807, 2.05) is 66.0 Å². The Bertz CT molecular complexity index is 804. The van der Waals surface area contributed by atoms with Crippen molar-refractivity contribution < 1.29 is 18.5 Å². The van der Waals surface area contributed by atoms with Crippen molar-refractivity contribution in [2.24, 2.45) is 0 Å². The van der Waals surface area contributed by atoms with Gasteiger partial charge in [0, 0.05) is 11.1 Å². The lowest BCUT2D eigenvalue weighted by Crippen LogP contribution is -2.88. The van der Waals surface area contributed by atoms with Gasteiger partial charge in [-0.3, -0.25) is 4.79 Å². The molecule has 138 valence electrons. The number of halogens is 1. The van der Waals surface area contributed by atoms with E-state index in [0.29, 0.717) is 0 Å². The summed E-state index contributed by atoms with van der Waals surface area (Å²) in [5.41, 5.74) is 2.20. The number of alkyl halides is 1. The molecule has 2 atom stereocenters. The SMILES string of the molecule is O=C(C[NH2+]C(c1ccccc1)c1ccccc1)N[C@H]1CS(=O)(=O)C[C@H]1Cl. The Hall–Kier alpha value is -1.89. The van der Waals surface area contributed by atoms with Crippen molar-refractivity contribution in [1.82, 2.24) is 5.32 Å². The standard InChI is InChI=1S/C19H21ClN2O3S/c20-16-12-26(24,25)13-17(16)22-18(23)11-21-19(14-7-3-1-4-8-14)15-9-5-2-6-10-15/h1-10,16-17,19,21H,11-13H2,(H,22,23)/p+1/t16-,17+/m1/s1. The van der Waals surface area contributed by atoms with Crippen LogP contribution in [0, 0.1) is 0 Å². The van der Waals surface area contributed by atoms with Crippen molar-refractivity contribution in [3.05, 3.63) is 71.8 Å². The molecular weight excluding hydrogens is 372 g/mol. The Morgan fingerprint density at radius 3 is 2.04 bits per heavy atom. The van der Waals surface area contributed by atoms with Crippen LogP contribution in [0.2, 0.25) is 0 Å². The van der Waals surface area contributed by atoms with Crippen LogP contribution in [0.5, 0.6) is 0 Å².